The summed E-state index contributed by atoms with van der Waals surface area (Å²) in [5, 5.41) is 13.8. The number of amides is 1. The molecule has 142 valence electrons. The molecule has 3 aromatic rings. The third-order valence-corrected chi connectivity index (χ3v) is 5.33. The summed E-state index contributed by atoms with van der Waals surface area (Å²) in [6.45, 7) is 4.04. The van der Waals surface area contributed by atoms with Crippen molar-refractivity contribution in [3.8, 4) is 11.8 Å². The second-order valence-corrected chi connectivity index (χ2v) is 7.34. The summed E-state index contributed by atoms with van der Waals surface area (Å²) in [6, 6.07) is 15.7. The Morgan fingerprint density at radius 3 is 2.79 bits per heavy atom. The van der Waals surface area contributed by atoms with Crippen molar-refractivity contribution in [1.29, 1.82) is 5.26 Å². The Morgan fingerprint density at radius 2 is 2.07 bits per heavy atom. The van der Waals surface area contributed by atoms with Gasteiger partial charge in [-0.1, -0.05) is 30.8 Å². The molecule has 0 saturated heterocycles. The largest absolute Gasteiger partial charge is 0.495 e. The molecule has 0 aliphatic carbocycles. The first-order valence-corrected chi connectivity index (χ1v) is 9.93. The van der Waals surface area contributed by atoms with Crippen molar-refractivity contribution in [2.45, 2.75) is 25.3 Å². The maximum atomic E-state index is 12.4. The molecule has 1 amide bonds. The highest BCUT2D eigenvalue weighted by Crippen LogP contribution is 2.28. The zero-order chi connectivity index (χ0) is 20.1. The third kappa shape index (κ3) is 4.44. The molecule has 1 heterocycles. The molecule has 0 aliphatic rings. The number of aryl methyl sites for hydroxylation is 2. The molecule has 6 heteroatoms. The van der Waals surface area contributed by atoms with E-state index in [2.05, 4.69) is 23.3 Å². The van der Waals surface area contributed by atoms with Gasteiger partial charge in [-0.05, 0) is 54.8 Å². The lowest BCUT2D eigenvalue weighted by molar-refractivity contribution is -0.113. The van der Waals surface area contributed by atoms with E-state index in [4.69, 9.17) is 4.74 Å². The van der Waals surface area contributed by atoms with Gasteiger partial charge in [0.2, 0.25) is 5.91 Å². The molecule has 0 saturated carbocycles. The Labute approximate surface area is 168 Å². The highest BCUT2D eigenvalue weighted by molar-refractivity contribution is 8.00. The Hall–Kier alpha value is -3.04. The van der Waals surface area contributed by atoms with Gasteiger partial charge >= 0.3 is 0 Å². The van der Waals surface area contributed by atoms with Crippen LogP contribution in [-0.2, 0) is 11.2 Å². The molecule has 0 bridgehead atoms. The first-order valence-electron chi connectivity index (χ1n) is 8.95. The molecule has 1 N–H and O–H groups in total. The van der Waals surface area contributed by atoms with E-state index < -0.39 is 0 Å². The van der Waals surface area contributed by atoms with Crippen LogP contribution in [0.5, 0.6) is 5.75 Å². The van der Waals surface area contributed by atoms with Crippen molar-refractivity contribution in [2.24, 2.45) is 0 Å². The topological polar surface area (TPSA) is 75.0 Å². The summed E-state index contributed by atoms with van der Waals surface area (Å²) < 4.78 is 5.29. The average molecular weight is 391 g/mol. The van der Waals surface area contributed by atoms with Crippen LogP contribution in [0.1, 0.15) is 23.6 Å². The molecule has 0 radical (unpaired) electrons. The van der Waals surface area contributed by atoms with Gasteiger partial charge in [0, 0.05) is 5.39 Å². The van der Waals surface area contributed by atoms with Crippen LogP contribution < -0.4 is 10.1 Å². The summed E-state index contributed by atoms with van der Waals surface area (Å²) in [4.78, 5) is 17.0. The van der Waals surface area contributed by atoms with E-state index in [1.165, 1.54) is 17.3 Å². The molecule has 0 atom stereocenters. The van der Waals surface area contributed by atoms with Gasteiger partial charge in [-0.15, -0.1) is 0 Å². The van der Waals surface area contributed by atoms with Crippen molar-refractivity contribution >= 4 is 34.3 Å². The molecule has 0 unspecified atom stereocenters. The lowest BCUT2D eigenvalue weighted by atomic mass is 10.1. The number of benzene rings is 2. The lowest BCUT2D eigenvalue weighted by Gasteiger charge is -2.11. The second kappa shape index (κ2) is 8.77. The van der Waals surface area contributed by atoms with E-state index in [9.17, 15) is 10.1 Å². The van der Waals surface area contributed by atoms with Gasteiger partial charge in [0.1, 0.15) is 16.8 Å². The molecule has 0 fully saturated rings. The van der Waals surface area contributed by atoms with Gasteiger partial charge in [-0.25, -0.2) is 4.98 Å². The number of rotatable bonds is 6. The second-order valence-electron chi connectivity index (χ2n) is 6.37. The van der Waals surface area contributed by atoms with Gasteiger partial charge in [-0.2, -0.15) is 5.26 Å². The van der Waals surface area contributed by atoms with Crippen LogP contribution in [0.2, 0.25) is 0 Å². The summed E-state index contributed by atoms with van der Waals surface area (Å²) >= 11 is 1.25. The number of carbonyl (C=O) groups excluding carboxylic acids is 1. The Bertz CT molecular complexity index is 1070. The van der Waals surface area contributed by atoms with E-state index in [1.807, 2.05) is 49.4 Å². The number of hydrogen-bond donors (Lipinski definition) is 1. The molecule has 2 aromatic carbocycles. The first kappa shape index (κ1) is 19.7. The van der Waals surface area contributed by atoms with Crippen LogP contribution in [-0.4, -0.2) is 23.8 Å². The number of nitrogens with zero attached hydrogens (tertiary/aromatic N) is 2. The van der Waals surface area contributed by atoms with Crippen LogP contribution in [0.4, 0.5) is 5.69 Å². The van der Waals surface area contributed by atoms with Crippen molar-refractivity contribution in [3.63, 3.8) is 0 Å². The first-order chi connectivity index (χ1) is 13.5. The fourth-order valence-corrected chi connectivity index (χ4v) is 3.62. The summed E-state index contributed by atoms with van der Waals surface area (Å²) in [7, 11) is 1.57. The van der Waals surface area contributed by atoms with E-state index in [0.717, 1.165) is 22.9 Å². The summed E-state index contributed by atoms with van der Waals surface area (Å²) in [5.74, 6) is 0.579. The number of aromatic nitrogens is 1. The Kier molecular flexibility index (Phi) is 6.17. The molecular weight excluding hydrogens is 370 g/mol. The van der Waals surface area contributed by atoms with Crippen LogP contribution in [0.25, 0.3) is 10.9 Å². The molecule has 0 aliphatic heterocycles. The zero-order valence-electron chi connectivity index (χ0n) is 16.1. The van der Waals surface area contributed by atoms with E-state index in [-0.39, 0.29) is 11.7 Å². The minimum absolute atomic E-state index is 0.150. The fourth-order valence-electron chi connectivity index (χ4n) is 2.86. The number of methoxy groups -OCH3 is 1. The molecular formula is C22H21N3O2S. The number of fused-ring (bicyclic) bond motifs is 1. The normalized spacial score (nSPS) is 10.5. The molecule has 28 heavy (non-hydrogen) atoms. The van der Waals surface area contributed by atoms with Crippen molar-refractivity contribution in [3.05, 3.63) is 59.2 Å². The number of anilines is 1. The lowest BCUT2D eigenvalue weighted by Crippen LogP contribution is -2.15. The van der Waals surface area contributed by atoms with Crippen molar-refractivity contribution < 1.29 is 9.53 Å². The quantitative estimate of drug-likeness (QED) is 0.616. The van der Waals surface area contributed by atoms with Gasteiger partial charge < -0.3 is 10.1 Å². The van der Waals surface area contributed by atoms with Crippen LogP contribution in [0.15, 0.2) is 47.5 Å². The highest BCUT2D eigenvalue weighted by Gasteiger charge is 2.12. The number of pyridine rings is 1. The van der Waals surface area contributed by atoms with Crippen LogP contribution >= 0.6 is 11.8 Å². The molecule has 3 rings (SSSR count). The van der Waals surface area contributed by atoms with Gasteiger partial charge in [0.05, 0.1) is 29.6 Å². The predicted octanol–water partition coefficient (Wildman–Crippen LogP) is 4.72. The monoisotopic (exact) mass is 391 g/mol. The Morgan fingerprint density at radius 1 is 1.25 bits per heavy atom. The highest BCUT2D eigenvalue weighted by atomic mass is 32.2. The number of thioether (sulfide) groups is 1. The van der Waals surface area contributed by atoms with E-state index >= 15 is 0 Å². The average Bonchev–Trinajstić information content (AvgIpc) is 2.71. The Balaban J connectivity index is 1.77. The van der Waals surface area contributed by atoms with Crippen LogP contribution in [0, 0.1) is 18.3 Å². The standard InChI is InChI=1S/C22H21N3O2S/c1-4-15-6-7-18-16(10-15)11-17(12-23)22(25-18)28-13-21(26)24-19-9-14(2)5-8-20(19)27-3/h5-11H,4,13H2,1-3H3,(H,24,26). The summed E-state index contributed by atoms with van der Waals surface area (Å²) in [6.07, 6.45) is 0.928. The number of ether oxygens (including phenoxy) is 1. The number of nitriles is 1. The minimum atomic E-state index is -0.180. The van der Waals surface area contributed by atoms with Crippen molar-refractivity contribution in [1.82, 2.24) is 4.98 Å². The van der Waals surface area contributed by atoms with Crippen molar-refractivity contribution in [2.75, 3.05) is 18.2 Å². The van der Waals surface area contributed by atoms with E-state index in [0.29, 0.717) is 22.0 Å². The van der Waals surface area contributed by atoms with Gasteiger partial charge in [0.25, 0.3) is 0 Å². The number of carbonyl (C=O) groups is 1. The van der Waals surface area contributed by atoms with Gasteiger partial charge in [0.15, 0.2) is 0 Å². The number of hydrogen-bond acceptors (Lipinski definition) is 5. The minimum Gasteiger partial charge on any atom is -0.495 e. The smallest absolute Gasteiger partial charge is 0.234 e. The van der Waals surface area contributed by atoms with Crippen LogP contribution in [0.3, 0.4) is 0 Å². The predicted molar refractivity (Wildman–Crippen MR) is 113 cm³/mol. The fraction of sp³-hybridized carbons (Fsp3) is 0.227. The maximum absolute atomic E-state index is 12.4. The molecule has 5 nitrogen and oxygen atoms in total. The third-order valence-electron chi connectivity index (χ3n) is 4.34. The SMILES string of the molecule is CCc1ccc2nc(SCC(=O)Nc3cc(C)ccc3OC)c(C#N)cc2c1. The van der Waals surface area contributed by atoms with E-state index in [1.54, 1.807) is 7.11 Å². The molecule has 1 aromatic heterocycles. The number of nitrogens with one attached hydrogen (secondary N) is 1. The summed E-state index contributed by atoms with van der Waals surface area (Å²) in [5.41, 5.74) is 4.15. The molecule has 0 spiro atoms. The maximum Gasteiger partial charge on any atom is 0.234 e. The zero-order valence-corrected chi connectivity index (χ0v) is 16.9. The van der Waals surface area contributed by atoms with Gasteiger partial charge in [-0.3, -0.25) is 4.79 Å².